The Balaban J connectivity index is 0.950. The van der Waals surface area contributed by atoms with Gasteiger partial charge in [-0.15, -0.1) is 0 Å². The third kappa shape index (κ3) is 6.34. The second-order valence-electron chi connectivity index (χ2n) is 12.7. The molecule has 3 aromatic rings. The van der Waals surface area contributed by atoms with Gasteiger partial charge in [0, 0.05) is 61.9 Å². The summed E-state index contributed by atoms with van der Waals surface area (Å²) in [6, 6.07) is 13.5. The van der Waals surface area contributed by atoms with Gasteiger partial charge in [-0.2, -0.15) is 4.98 Å². The highest BCUT2D eigenvalue weighted by atomic mass is 32.2. The maximum absolute atomic E-state index is 15.3. The zero-order chi connectivity index (χ0) is 29.6. The molecular formula is C32H40FN7O2S. The van der Waals surface area contributed by atoms with E-state index in [1.54, 1.807) is 6.20 Å². The minimum absolute atomic E-state index is 0.233. The van der Waals surface area contributed by atoms with Crippen molar-refractivity contribution in [3.8, 4) is 0 Å². The van der Waals surface area contributed by atoms with Gasteiger partial charge in [0.1, 0.15) is 11.6 Å². The maximum Gasteiger partial charge on any atom is 0.229 e. The number of aromatic nitrogens is 2. The van der Waals surface area contributed by atoms with Crippen LogP contribution < -0.4 is 20.3 Å². The largest absolute Gasteiger partial charge is 0.367 e. The smallest absolute Gasteiger partial charge is 0.229 e. The summed E-state index contributed by atoms with van der Waals surface area (Å²) in [5, 5.41) is 6.22. The number of hydrogen-bond acceptors (Lipinski definition) is 8. The number of sulfonamides is 1. The average molecular weight is 606 g/mol. The van der Waals surface area contributed by atoms with E-state index in [4.69, 9.17) is 0 Å². The standard InChI is InChI=1S/C32H40FN7O2S/c1-21-19-34-32(38-31(21)36-25-6-3-22(4-7-25)20-35-43(41,42)27-9-10-27)37-26-8-11-29(28(33)18-26)39-12-14-40(15-13-39)30-17-23-2-5-24(30)16-23/h3-4,6-8,11,18-19,23-24,27,30,35H,2,5,9-10,12-17,20H2,1H3,(H2,34,36,37,38). The number of nitrogens with zero attached hydrogens (tertiary/aromatic N) is 4. The van der Waals surface area contributed by atoms with E-state index in [2.05, 4.69) is 35.1 Å². The van der Waals surface area contributed by atoms with Gasteiger partial charge >= 0.3 is 0 Å². The van der Waals surface area contributed by atoms with Gasteiger partial charge < -0.3 is 15.5 Å². The number of benzene rings is 2. The summed E-state index contributed by atoms with van der Waals surface area (Å²) in [7, 11) is -3.21. The van der Waals surface area contributed by atoms with Crippen LogP contribution in [0, 0.1) is 24.6 Å². The van der Waals surface area contributed by atoms with Gasteiger partial charge in [-0.25, -0.2) is 22.5 Å². The minimum atomic E-state index is -3.21. The van der Waals surface area contributed by atoms with Crippen molar-refractivity contribution in [1.29, 1.82) is 0 Å². The quantitative estimate of drug-likeness (QED) is 0.286. The highest BCUT2D eigenvalue weighted by Gasteiger charge is 2.42. The van der Waals surface area contributed by atoms with Crippen LogP contribution in [0.2, 0.25) is 0 Å². The number of hydrogen-bond donors (Lipinski definition) is 3. The Morgan fingerprint density at radius 3 is 2.37 bits per heavy atom. The van der Waals surface area contributed by atoms with Crippen LogP contribution >= 0.6 is 0 Å². The first-order valence-corrected chi connectivity index (χ1v) is 17.1. The molecule has 3 atom stereocenters. The van der Waals surface area contributed by atoms with E-state index in [0.29, 0.717) is 23.1 Å². The van der Waals surface area contributed by atoms with E-state index in [0.717, 1.165) is 73.7 Å². The van der Waals surface area contributed by atoms with E-state index >= 15 is 4.39 Å². The number of fused-ring (bicyclic) bond motifs is 2. The lowest BCUT2D eigenvalue weighted by Gasteiger charge is -2.41. The first-order valence-electron chi connectivity index (χ1n) is 15.5. The molecule has 4 fully saturated rings. The summed E-state index contributed by atoms with van der Waals surface area (Å²) in [6.45, 7) is 5.89. The van der Waals surface area contributed by atoms with Crippen LogP contribution in [-0.2, 0) is 16.6 Å². The molecule has 2 bridgehead atoms. The molecule has 3 aliphatic carbocycles. The predicted molar refractivity (Wildman–Crippen MR) is 168 cm³/mol. The number of aryl methyl sites for hydroxylation is 1. The normalized spacial score (nSPS) is 24.0. The second kappa shape index (κ2) is 11.7. The highest BCUT2D eigenvalue weighted by molar-refractivity contribution is 7.90. The van der Waals surface area contributed by atoms with Crippen molar-refractivity contribution >= 4 is 38.9 Å². The van der Waals surface area contributed by atoms with Crippen LogP contribution in [0.25, 0.3) is 0 Å². The Morgan fingerprint density at radius 2 is 1.70 bits per heavy atom. The molecule has 0 amide bonds. The summed E-state index contributed by atoms with van der Waals surface area (Å²) in [6.07, 6.45) is 8.79. The van der Waals surface area contributed by atoms with Crippen molar-refractivity contribution in [3.05, 3.63) is 65.6 Å². The molecule has 11 heteroatoms. The lowest BCUT2D eigenvalue weighted by atomic mass is 9.93. The Kier molecular flexibility index (Phi) is 7.73. The lowest BCUT2D eigenvalue weighted by Crippen LogP contribution is -2.52. The summed E-state index contributed by atoms with van der Waals surface area (Å²) >= 11 is 0. The highest BCUT2D eigenvalue weighted by Crippen LogP contribution is 2.46. The molecule has 0 radical (unpaired) electrons. The molecule has 1 saturated heterocycles. The van der Waals surface area contributed by atoms with E-state index in [1.165, 1.54) is 31.7 Å². The van der Waals surface area contributed by atoms with Crippen molar-refractivity contribution in [2.75, 3.05) is 41.7 Å². The minimum Gasteiger partial charge on any atom is -0.367 e. The fourth-order valence-corrected chi connectivity index (χ4v) is 8.43. The van der Waals surface area contributed by atoms with E-state index in [9.17, 15) is 8.42 Å². The molecule has 4 aliphatic rings. The molecule has 43 heavy (non-hydrogen) atoms. The SMILES string of the molecule is Cc1cnc(Nc2ccc(N3CCN(C4CC5CCC4C5)CC3)c(F)c2)nc1Nc1ccc(CNS(=O)(=O)C2CC2)cc1. The Labute approximate surface area is 253 Å². The molecule has 2 heterocycles. The van der Waals surface area contributed by atoms with Crippen LogP contribution in [0.15, 0.2) is 48.7 Å². The zero-order valence-electron chi connectivity index (χ0n) is 24.6. The fraction of sp³-hybridized carbons (Fsp3) is 0.500. The molecule has 0 spiro atoms. The molecule has 7 rings (SSSR count). The van der Waals surface area contributed by atoms with Crippen LogP contribution in [0.4, 0.5) is 33.2 Å². The Hall–Kier alpha value is -3.28. The van der Waals surface area contributed by atoms with Gasteiger partial charge in [0.15, 0.2) is 0 Å². The molecule has 1 aliphatic heterocycles. The summed E-state index contributed by atoms with van der Waals surface area (Å²) in [5.41, 5.74) is 3.80. The first kappa shape index (κ1) is 28.5. The topological polar surface area (TPSA) is 102 Å². The molecule has 3 unspecified atom stereocenters. The fourth-order valence-electron chi connectivity index (χ4n) is 7.07. The number of rotatable bonds is 10. The van der Waals surface area contributed by atoms with Crippen molar-refractivity contribution in [3.63, 3.8) is 0 Å². The predicted octanol–water partition coefficient (Wildman–Crippen LogP) is 5.30. The van der Waals surface area contributed by atoms with Crippen molar-refractivity contribution in [2.45, 2.75) is 63.3 Å². The summed E-state index contributed by atoms with van der Waals surface area (Å²) < 4.78 is 42.1. The van der Waals surface area contributed by atoms with E-state index in [-0.39, 0.29) is 17.6 Å². The van der Waals surface area contributed by atoms with Gasteiger partial charge in [-0.3, -0.25) is 4.90 Å². The van der Waals surface area contributed by atoms with Gasteiger partial charge in [0.2, 0.25) is 16.0 Å². The van der Waals surface area contributed by atoms with Crippen molar-refractivity contribution < 1.29 is 12.8 Å². The maximum atomic E-state index is 15.3. The van der Waals surface area contributed by atoms with Gasteiger partial charge in [-0.1, -0.05) is 18.6 Å². The van der Waals surface area contributed by atoms with E-state index < -0.39 is 10.0 Å². The second-order valence-corrected chi connectivity index (χ2v) is 14.7. The summed E-state index contributed by atoms with van der Waals surface area (Å²) in [4.78, 5) is 13.8. The van der Waals surface area contributed by atoms with Crippen LogP contribution in [0.5, 0.6) is 0 Å². The number of anilines is 5. The van der Waals surface area contributed by atoms with Gasteiger partial charge in [0.25, 0.3) is 0 Å². The van der Waals surface area contributed by atoms with Crippen LogP contribution in [0.1, 0.15) is 49.7 Å². The Morgan fingerprint density at radius 1 is 0.930 bits per heavy atom. The molecular weight excluding hydrogens is 565 g/mol. The molecule has 228 valence electrons. The number of halogens is 1. The van der Waals surface area contributed by atoms with E-state index in [1.807, 2.05) is 43.3 Å². The number of piperazine rings is 1. The Bertz CT molecular complexity index is 1570. The molecule has 2 aromatic carbocycles. The van der Waals surface area contributed by atoms with Crippen LogP contribution in [-0.4, -0.2) is 60.8 Å². The third-order valence-corrected chi connectivity index (χ3v) is 11.6. The zero-order valence-corrected chi connectivity index (χ0v) is 25.4. The van der Waals surface area contributed by atoms with Gasteiger partial charge in [0.05, 0.1) is 10.9 Å². The molecule has 9 nitrogen and oxygen atoms in total. The summed E-state index contributed by atoms with van der Waals surface area (Å²) in [5.74, 6) is 2.57. The third-order valence-electron chi connectivity index (χ3n) is 9.66. The number of nitrogens with one attached hydrogen (secondary N) is 3. The average Bonchev–Trinajstić information content (AvgIpc) is 3.67. The monoisotopic (exact) mass is 605 g/mol. The molecule has 3 saturated carbocycles. The van der Waals surface area contributed by atoms with Crippen molar-refractivity contribution in [2.24, 2.45) is 11.8 Å². The van der Waals surface area contributed by atoms with Crippen molar-refractivity contribution in [1.82, 2.24) is 19.6 Å². The van der Waals surface area contributed by atoms with Crippen LogP contribution in [0.3, 0.4) is 0 Å². The molecule has 1 aromatic heterocycles. The first-order chi connectivity index (χ1) is 20.8. The molecule has 3 N–H and O–H groups in total. The lowest BCUT2D eigenvalue weighted by molar-refractivity contribution is 0.134. The van der Waals surface area contributed by atoms with Gasteiger partial charge in [-0.05, 0) is 86.8 Å².